The highest BCUT2D eigenvalue weighted by Crippen LogP contribution is 2.30. The molecule has 0 aliphatic heterocycles. The van der Waals surface area contributed by atoms with Crippen molar-refractivity contribution < 1.29 is 18.0 Å². The molecule has 1 N–H and O–H groups in total. The summed E-state index contributed by atoms with van der Waals surface area (Å²) in [4.78, 5) is 16.6. The van der Waals surface area contributed by atoms with E-state index in [4.69, 9.17) is 0 Å². The van der Waals surface area contributed by atoms with E-state index in [1.54, 1.807) is 0 Å². The Morgan fingerprint density at radius 1 is 1.11 bits per heavy atom. The predicted octanol–water partition coefficient (Wildman–Crippen LogP) is 3.42. The molecule has 0 unspecified atom stereocenters. The van der Waals surface area contributed by atoms with Gasteiger partial charge < -0.3 is 5.32 Å². The Bertz CT molecular complexity index is 1160. The fraction of sp³-hybridized carbons (Fsp3) is 0.118. The lowest BCUT2D eigenvalue weighted by Gasteiger charge is -2.09. The summed E-state index contributed by atoms with van der Waals surface area (Å²) < 4.78 is 39.2. The van der Waals surface area contributed by atoms with Crippen LogP contribution in [0, 0.1) is 0 Å². The third-order valence-corrected chi connectivity index (χ3v) is 4.77. The highest BCUT2D eigenvalue weighted by Gasteiger charge is 2.30. The van der Waals surface area contributed by atoms with Gasteiger partial charge in [0.05, 0.1) is 16.8 Å². The Labute approximate surface area is 159 Å². The Morgan fingerprint density at radius 2 is 1.86 bits per heavy atom. The third-order valence-electron chi connectivity index (χ3n) is 3.84. The number of tetrazole rings is 1. The molecule has 4 rings (SSSR count). The van der Waals surface area contributed by atoms with Crippen molar-refractivity contribution in [3.63, 3.8) is 0 Å². The van der Waals surface area contributed by atoms with Crippen molar-refractivity contribution in [1.82, 2.24) is 25.0 Å². The van der Waals surface area contributed by atoms with Crippen molar-refractivity contribution in [3.05, 3.63) is 54.1 Å². The molecule has 0 bridgehead atoms. The zero-order valence-electron chi connectivity index (χ0n) is 14.0. The second-order valence-electron chi connectivity index (χ2n) is 5.74. The van der Waals surface area contributed by atoms with Gasteiger partial charge in [-0.25, -0.2) is 4.98 Å². The van der Waals surface area contributed by atoms with E-state index in [0.29, 0.717) is 16.3 Å². The van der Waals surface area contributed by atoms with Crippen LogP contribution in [-0.4, -0.2) is 36.7 Å². The quantitative estimate of drug-likeness (QED) is 0.414. The summed E-state index contributed by atoms with van der Waals surface area (Å²) in [7, 11) is 0. The van der Waals surface area contributed by atoms with Gasteiger partial charge in [0.15, 0.2) is 10.8 Å². The van der Waals surface area contributed by atoms with Gasteiger partial charge in [0.25, 0.3) is 0 Å². The van der Waals surface area contributed by atoms with E-state index in [0.717, 1.165) is 29.3 Å². The summed E-state index contributed by atoms with van der Waals surface area (Å²) in [6.45, 7) is 0. The minimum absolute atomic E-state index is 0.0126. The first kappa shape index (κ1) is 18.2. The number of carbonyl (C=O) groups is 1. The van der Waals surface area contributed by atoms with Gasteiger partial charge in [-0.2, -0.15) is 17.7 Å². The first-order chi connectivity index (χ1) is 13.4. The van der Waals surface area contributed by atoms with Crippen LogP contribution in [0.25, 0.3) is 16.6 Å². The maximum atomic E-state index is 12.6. The first-order valence-electron chi connectivity index (χ1n) is 7.98. The van der Waals surface area contributed by atoms with Crippen molar-refractivity contribution in [1.29, 1.82) is 0 Å². The van der Waals surface area contributed by atoms with Crippen molar-refractivity contribution >= 4 is 39.9 Å². The number of para-hydroxylation sites is 1. The van der Waals surface area contributed by atoms with Gasteiger partial charge in [-0.05, 0) is 46.8 Å². The lowest BCUT2D eigenvalue weighted by Crippen LogP contribution is -2.15. The number of nitrogens with one attached hydrogen (secondary N) is 1. The highest BCUT2D eigenvalue weighted by molar-refractivity contribution is 7.99. The average Bonchev–Trinajstić information content (AvgIpc) is 3.16. The predicted molar refractivity (Wildman–Crippen MR) is 96.9 cm³/mol. The zero-order chi connectivity index (χ0) is 19.7. The van der Waals surface area contributed by atoms with Crippen LogP contribution in [0.15, 0.2) is 53.7 Å². The molecule has 0 spiro atoms. The molecule has 0 fully saturated rings. The molecule has 2 aromatic heterocycles. The highest BCUT2D eigenvalue weighted by atomic mass is 32.2. The second kappa shape index (κ2) is 7.08. The standard InChI is InChI=1S/C17H11F3N6OS/c18-17(19,20)10-5-7-11(8-6-10)21-14(27)9-28-16-22-13-4-2-1-3-12(13)15-23-24-25-26(15)16/h1-8H,9H2,(H,21,27). The molecule has 4 aromatic rings. The van der Waals surface area contributed by atoms with Crippen LogP contribution in [-0.2, 0) is 11.0 Å². The number of anilines is 1. The van der Waals surface area contributed by atoms with E-state index in [1.165, 1.54) is 16.6 Å². The number of fused-ring (bicyclic) bond motifs is 3. The molecule has 2 aromatic carbocycles. The second-order valence-corrected chi connectivity index (χ2v) is 6.68. The molecule has 0 saturated carbocycles. The maximum absolute atomic E-state index is 12.6. The van der Waals surface area contributed by atoms with Crippen LogP contribution in [0.5, 0.6) is 0 Å². The molecule has 0 aliphatic carbocycles. The van der Waals surface area contributed by atoms with Gasteiger partial charge in [0.2, 0.25) is 5.91 Å². The molecule has 28 heavy (non-hydrogen) atoms. The topological polar surface area (TPSA) is 85.1 Å². The van der Waals surface area contributed by atoms with E-state index >= 15 is 0 Å². The molecule has 0 saturated heterocycles. The molecule has 0 radical (unpaired) electrons. The van der Waals surface area contributed by atoms with Crippen LogP contribution in [0.1, 0.15) is 5.56 Å². The zero-order valence-corrected chi connectivity index (χ0v) is 14.8. The molecular formula is C17H11F3N6OS. The molecule has 7 nitrogen and oxygen atoms in total. The normalized spacial score (nSPS) is 11.8. The van der Waals surface area contributed by atoms with Gasteiger partial charge >= 0.3 is 6.18 Å². The summed E-state index contributed by atoms with van der Waals surface area (Å²) in [5.74, 6) is -0.401. The van der Waals surface area contributed by atoms with Gasteiger partial charge in [-0.1, -0.05) is 23.9 Å². The SMILES string of the molecule is O=C(CSc1nc2ccccc2c2nnnn12)Nc1ccc(C(F)(F)F)cc1. The smallest absolute Gasteiger partial charge is 0.325 e. The largest absolute Gasteiger partial charge is 0.416 e. The number of nitrogens with zero attached hydrogens (tertiary/aromatic N) is 5. The van der Waals surface area contributed by atoms with Gasteiger partial charge in [-0.15, -0.1) is 5.10 Å². The molecule has 0 aliphatic rings. The van der Waals surface area contributed by atoms with Crippen molar-refractivity contribution in [2.75, 3.05) is 11.1 Å². The summed E-state index contributed by atoms with van der Waals surface area (Å²) in [6, 6.07) is 11.6. The van der Waals surface area contributed by atoms with Crippen molar-refractivity contribution in [3.8, 4) is 0 Å². The minimum Gasteiger partial charge on any atom is -0.325 e. The Morgan fingerprint density at radius 3 is 2.61 bits per heavy atom. The van der Waals surface area contributed by atoms with E-state index in [1.807, 2.05) is 24.3 Å². The van der Waals surface area contributed by atoms with Crippen LogP contribution in [0.2, 0.25) is 0 Å². The van der Waals surface area contributed by atoms with Crippen LogP contribution >= 0.6 is 11.8 Å². The van der Waals surface area contributed by atoms with Gasteiger partial charge in [0.1, 0.15) is 0 Å². The van der Waals surface area contributed by atoms with Crippen LogP contribution < -0.4 is 5.32 Å². The summed E-state index contributed by atoms with van der Waals surface area (Å²) in [5, 5.41) is 15.3. The molecule has 142 valence electrons. The number of benzene rings is 2. The van der Waals surface area contributed by atoms with Crippen molar-refractivity contribution in [2.24, 2.45) is 0 Å². The molecule has 1 amide bonds. The van der Waals surface area contributed by atoms with Crippen LogP contribution in [0.4, 0.5) is 18.9 Å². The number of aromatic nitrogens is 5. The fourth-order valence-electron chi connectivity index (χ4n) is 2.56. The number of carbonyl (C=O) groups excluding carboxylic acids is 1. The molecule has 11 heteroatoms. The van der Waals surface area contributed by atoms with E-state index in [-0.39, 0.29) is 17.3 Å². The van der Waals surface area contributed by atoms with Gasteiger partial charge in [0, 0.05) is 11.1 Å². The monoisotopic (exact) mass is 404 g/mol. The average molecular weight is 404 g/mol. The number of amides is 1. The Hall–Kier alpha value is -3.21. The van der Waals surface area contributed by atoms with E-state index in [2.05, 4.69) is 25.8 Å². The summed E-state index contributed by atoms with van der Waals surface area (Å²) in [5.41, 5.74) is 0.714. The number of thioether (sulfide) groups is 1. The number of hydrogen-bond donors (Lipinski definition) is 1. The minimum atomic E-state index is -4.42. The summed E-state index contributed by atoms with van der Waals surface area (Å²) >= 11 is 1.12. The van der Waals surface area contributed by atoms with Crippen LogP contribution in [0.3, 0.4) is 0 Å². The first-order valence-corrected chi connectivity index (χ1v) is 8.97. The summed E-state index contributed by atoms with van der Waals surface area (Å²) in [6.07, 6.45) is -4.42. The number of halogens is 3. The Kier molecular flexibility index (Phi) is 4.59. The third kappa shape index (κ3) is 3.60. The number of hydrogen-bond acceptors (Lipinski definition) is 6. The van der Waals surface area contributed by atoms with E-state index < -0.39 is 11.7 Å². The molecule has 2 heterocycles. The van der Waals surface area contributed by atoms with E-state index in [9.17, 15) is 18.0 Å². The Balaban J connectivity index is 1.48. The van der Waals surface area contributed by atoms with Crippen molar-refractivity contribution in [2.45, 2.75) is 11.3 Å². The lowest BCUT2D eigenvalue weighted by molar-refractivity contribution is -0.137. The number of rotatable bonds is 4. The fourth-order valence-corrected chi connectivity index (χ4v) is 3.30. The molecular weight excluding hydrogens is 393 g/mol. The number of alkyl halides is 3. The lowest BCUT2D eigenvalue weighted by atomic mass is 10.2. The molecule has 0 atom stereocenters. The van der Waals surface area contributed by atoms with Gasteiger partial charge in [-0.3, -0.25) is 4.79 Å². The maximum Gasteiger partial charge on any atom is 0.416 e.